The molecular weight excluding hydrogens is 660 g/mol. The maximum absolute atomic E-state index is 14.7. The average Bonchev–Trinajstić information content (AvgIpc) is 3.53. The summed E-state index contributed by atoms with van der Waals surface area (Å²) >= 11 is 0. The number of benzene rings is 2. The number of carbonyl (C=O) groups excluding carboxylic acids is 4. The fourth-order valence-electron chi connectivity index (χ4n) is 9.46. The summed E-state index contributed by atoms with van der Waals surface area (Å²) in [5, 5.41) is 0.369. The highest BCUT2D eigenvalue weighted by molar-refractivity contribution is 5.98. The molecule has 0 radical (unpaired) electrons. The first-order valence-corrected chi connectivity index (χ1v) is 17.4. The molecule has 6 atom stereocenters. The van der Waals surface area contributed by atoms with Gasteiger partial charge in [0, 0.05) is 16.9 Å². The molecule has 2 saturated heterocycles. The van der Waals surface area contributed by atoms with Gasteiger partial charge in [0.05, 0.1) is 28.9 Å². The fraction of sp³-hybridized carbons (Fsp3) is 0.564. The molecule has 4 fully saturated rings. The van der Waals surface area contributed by atoms with Crippen molar-refractivity contribution in [3.63, 3.8) is 0 Å². The van der Waals surface area contributed by atoms with E-state index in [0.29, 0.717) is 18.2 Å². The molecule has 5 aliphatic rings. The van der Waals surface area contributed by atoms with Crippen molar-refractivity contribution in [3.8, 4) is 11.5 Å². The molecule has 12 heteroatoms. The SMILES string of the molecule is COc1cc2c(c3oc4ccccc4c(=O)c13)[C@@H](OC(=O)C13CCC(C)(C(=O)O1)C3(C)C)[C@@H](OC(=O)C13CCC(C)(C(=O)O1)C3(C)C)C(C)(C)O2. The number of ether oxygens (including phenoxy) is 6. The van der Waals surface area contributed by atoms with Crippen LogP contribution in [0.25, 0.3) is 21.9 Å². The first-order chi connectivity index (χ1) is 23.7. The lowest BCUT2D eigenvalue weighted by Crippen LogP contribution is -2.57. The maximum Gasteiger partial charge on any atom is 0.351 e. The Kier molecular flexibility index (Phi) is 6.46. The molecule has 51 heavy (non-hydrogen) atoms. The van der Waals surface area contributed by atoms with E-state index < -0.39 is 80.0 Å². The molecule has 0 N–H and O–H groups in total. The zero-order valence-electron chi connectivity index (χ0n) is 30.3. The quantitative estimate of drug-likeness (QED) is 0.178. The van der Waals surface area contributed by atoms with Crippen molar-refractivity contribution in [2.24, 2.45) is 21.7 Å². The molecule has 1 aromatic heterocycles. The number of hydrogen-bond donors (Lipinski definition) is 0. The van der Waals surface area contributed by atoms with Crippen LogP contribution in [0.2, 0.25) is 0 Å². The summed E-state index contributed by atoms with van der Waals surface area (Å²) < 4.78 is 43.3. The highest BCUT2D eigenvalue weighted by Gasteiger charge is 2.78. The summed E-state index contributed by atoms with van der Waals surface area (Å²) in [5.41, 5.74) is -8.34. The first kappa shape index (κ1) is 33.5. The summed E-state index contributed by atoms with van der Waals surface area (Å²) in [5.74, 6) is -2.28. The summed E-state index contributed by atoms with van der Waals surface area (Å²) in [4.78, 5) is 69.6. The number of rotatable bonds is 5. The molecular formula is C39H42O12. The van der Waals surface area contributed by atoms with E-state index in [2.05, 4.69) is 0 Å². The zero-order chi connectivity index (χ0) is 36.9. The fourth-order valence-corrected chi connectivity index (χ4v) is 9.46. The van der Waals surface area contributed by atoms with Crippen molar-refractivity contribution in [1.82, 2.24) is 0 Å². The van der Waals surface area contributed by atoms with Gasteiger partial charge in [0.1, 0.15) is 28.1 Å². The zero-order valence-corrected chi connectivity index (χ0v) is 30.3. The normalized spacial score (nSPS) is 34.8. The van der Waals surface area contributed by atoms with Gasteiger partial charge in [-0.2, -0.15) is 0 Å². The van der Waals surface area contributed by atoms with Crippen LogP contribution in [0.4, 0.5) is 0 Å². The predicted octanol–water partition coefficient (Wildman–Crippen LogP) is 5.87. The van der Waals surface area contributed by atoms with E-state index >= 15 is 0 Å². The lowest BCUT2D eigenvalue weighted by atomic mass is 9.66. The number of carbonyl (C=O) groups is 4. The van der Waals surface area contributed by atoms with Crippen LogP contribution in [0.3, 0.4) is 0 Å². The van der Waals surface area contributed by atoms with Gasteiger partial charge in [0.15, 0.2) is 17.8 Å². The van der Waals surface area contributed by atoms with Crippen molar-refractivity contribution in [3.05, 3.63) is 46.1 Å². The Bertz CT molecular complexity index is 2180. The third-order valence-corrected chi connectivity index (χ3v) is 13.9. The Morgan fingerprint density at radius 3 is 1.80 bits per heavy atom. The lowest BCUT2D eigenvalue weighted by Gasteiger charge is -2.46. The first-order valence-electron chi connectivity index (χ1n) is 17.4. The highest BCUT2D eigenvalue weighted by atomic mass is 16.7. The molecule has 3 aromatic rings. The lowest BCUT2D eigenvalue weighted by molar-refractivity contribution is -0.217. The number of fused-ring (bicyclic) bond motifs is 8. The summed E-state index contributed by atoms with van der Waals surface area (Å²) in [7, 11) is 1.41. The van der Waals surface area contributed by atoms with E-state index in [1.165, 1.54) is 13.2 Å². The van der Waals surface area contributed by atoms with Crippen LogP contribution in [-0.2, 0) is 38.1 Å². The molecule has 270 valence electrons. The topological polar surface area (TPSA) is 154 Å². The van der Waals surface area contributed by atoms with Gasteiger partial charge in [-0.3, -0.25) is 14.4 Å². The van der Waals surface area contributed by atoms with Crippen LogP contribution in [0.5, 0.6) is 11.5 Å². The molecule has 4 heterocycles. The minimum atomic E-state index is -1.64. The molecule has 12 nitrogen and oxygen atoms in total. The Balaban J connectivity index is 1.33. The second-order valence-corrected chi connectivity index (χ2v) is 16.8. The van der Waals surface area contributed by atoms with Gasteiger partial charge in [0.2, 0.25) is 16.6 Å². The van der Waals surface area contributed by atoms with Crippen molar-refractivity contribution in [2.75, 3.05) is 7.11 Å². The summed E-state index contributed by atoms with van der Waals surface area (Å²) in [6, 6.07) is 8.23. The molecule has 4 unspecified atom stereocenters. The number of methoxy groups -OCH3 is 1. The largest absolute Gasteiger partial charge is 0.496 e. The molecule has 4 bridgehead atoms. The third kappa shape index (κ3) is 3.73. The average molecular weight is 703 g/mol. The van der Waals surface area contributed by atoms with Crippen molar-refractivity contribution in [1.29, 1.82) is 0 Å². The molecule has 0 amide bonds. The predicted molar refractivity (Wildman–Crippen MR) is 180 cm³/mol. The van der Waals surface area contributed by atoms with Gasteiger partial charge >= 0.3 is 23.9 Å². The molecule has 2 aliphatic carbocycles. The highest BCUT2D eigenvalue weighted by Crippen LogP contribution is 2.68. The monoisotopic (exact) mass is 702 g/mol. The van der Waals surface area contributed by atoms with Crippen LogP contribution >= 0.6 is 0 Å². The molecule has 2 saturated carbocycles. The molecule has 2 aromatic carbocycles. The molecule has 3 aliphatic heterocycles. The minimum Gasteiger partial charge on any atom is -0.496 e. The van der Waals surface area contributed by atoms with E-state index in [0.717, 1.165) is 0 Å². The number of para-hydroxylation sites is 1. The minimum absolute atomic E-state index is 0.0121. The maximum atomic E-state index is 14.7. The van der Waals surface area contributed by atoms with E-state index in [1.807, 2.05) is 27.7 Å². The van der Waals surface area contributed by atoms with Crippen LogP contribution < -0.4 is 14.9 Å². The van der Waals surface area contributed by atoms with Crippen LogP contribution in [0.1, 0.15) is 92.7 Å². The van der Waals surface area contributed by atoms with Gasteiger partial charge < -0.3 is 32.8 Å². The Hall–Kier alpha value is -4.61. The summed E-state index contributed by atoms with van der Waals surface area (Å²) in [6.45, 7) is 14.2. The van der Waals surface area contributed by atoms with E-state index in [1.54, 1.807) is 52.0 Å². The third-order valence-electron chi connectivity index (χ3n) is 13.9. The molecule has 0 spiro atoms. The molecule has 8 rings (SSSR count). The number of hydrogen-bond acceptors (Lipinski definition) is 12. The van der Waals surface area contributed by atoms with Crippen LogP contribution in [0, 0.1) is 21.7 Å². The van der Waals surface area contributed by atoms with Gasteiger partial charge in [-0.1, -0.05) is 39.8 Å². The van der Waals surface area contributed by atoms with Crippen LogP contribution in [-0.4, -0.2) is 53.9 Å². The standard InChI is InChI=1S/C39H42O12/c1-33(2)28(48-32(44)39-17-15-37(8,30(42)51-39)35(39,5)6)27(47-31(43)38-16-14-36(7,29(41)50-38)34(38,3)4)24-22(49-33)18-21(45-9)23-25(40)19-12-10-11-13-20(19)46-26(23)24/h10-13,18,27-28H,14-17H2,1-9H3/t27-,28-,36?,37?,38?,39?/m1/s1. The van der Waals surface area contributed by atoms with E-state index in [4.69, 9.17) is 32.8 Å². The van der Waals surface area contributed by atoms with Crippen molar-refractivity contribution in [2.45, 2.75) is 110 Å². The Labute approximate surface area is 294 Å². The smallest absolute Gasteiger partial charge is 0.351 e. The summed E-state index contributed by atoms with van der Waals surface area (Å²) in [6.07, 6.45) is -1.52. The van der Waals surface area contributed by atoms with Gasteiger partial charge in [-0.05, 0) is 65.5 Å². The second-order valence-electron chi connectivity index (χ2n) is 16.8. The Morgan fingerprint density at radius 2 is 1.29 bits per heavy atom. The van der Waals surface area contributed by atoms with Crippen molar-refractivity contribution >= 4 is 45.8 Å². The number of esters is 4. The van der Waals surface area contributed by atoms with Crippen molar-refractivity contribution < 1.29 is 52.0 Å². The van der Waals surface area contributed by atoms with E-state index in [-0.39, 0.29) is 46.5 Å². The van der Waals surface area contributed by atoms with Gasteiger partial charge in [-0.25, -0.2) is 9.59 Å². The second kappa shape index (κ2) is 9.83. The van der Waals surface area contributed by atoms with Crippen LogP contribution in [0.15, 0.2) is 39.5 Å². The van der Waals surface area contributed by atoms with Gasteiger partial charge in [-0.15, -0.1) is 0 Å². The van der Waals surface area contributed by atoms with E-state index in [9.17, 15) is 24.0 Å². The van der Waals surface area contributed by atoms with Gasteiger partial charge in [0.25, 0.3) is 0 Å². The Morgan fingerprint density at radius 1 is 0.745 bits per heavy atom.